The largest absolute Gasteiger partial charge is 0.252 e. The highest BCUT2D eigenvalue weighted by Crippen LogP contribution is 2.42. The summed E-state index contributed by atoms with van der Waals surface area (Å²) < 4.78 is 2.75. The first-order valence-electron chi connectivity index (χ1n) is 13.7. The van der Waals surface area contributed by atoms with Gasteiger partial charge in [0.05, 0.1) is 22.9 Å². The van der Waals surface area contributed by atoms with Crippen molar-refractivity contribution in [2.45, 2.75) is 20.8 Å². The highest BCUT2D eigenvalue weighted by molar-refractivity contribution is 7.26. The van der Waals surface area contributed by atoms with E-state index in [4.69, 9.17) is 9.97 Å². The van der Waals surface area contributed by atoms with Crippen LogP contribution in [0.3, 0.4) is 0 Å². The monoisotopic (exact) mass is 530 g/mol. The molecule has 0 aliphatic carbocycles. The van der Waals surface area contributed by atoms with E-state index in [-0.39, 0.29) is 0 Å². The summed E-state index contributed by atoms with van der Waals surface area (Å²) in [5, 5.41) is 7.38. The number of nitrogens with zero attached hydrogens (tertiary/aromatic N) is 2. The van der Waals surface area contributed by atoms with E-state index in [1.165, 1.54) is 58.8 Å². The number of hydrogen-bond donors (Lipinski definition) is 0. The molecule has 0 bridgehead atoms. The van der Waals surface area contributed by atoms with Gasteiger partial charge < -0.3 is 0 Å². The second kappa shape index (κ2) is 8.70. The van der Waals surface area contributed by atoms with E-state index < -0.39 is 0 Å². The van der Waals surface area contributed by atoms with Crippen LogP contribution < -0.4 is 0 Å². The first-order valence-corrected chi connectivity index (χ1v) is 14.5. The average molecular weight is 531 g/mol. The number of benzene rings is 6. The fourth-order valence-corrected chi connectivity index (χ4v) is 7.57. The molecule has 0 spiro atoms. The van der Waals surface area contributed by atoms with Crippen molar-refractivity contribution < 1.29 is 0 Å². The summed E-state index contributed by atoms with van der Waals surface area (Å²) in [5.74, 6) is 0. The highest BCUT2D eigenvalue weighted by atomic mass is 32.1. The van der Waals surface area contributed by atoms with Gasteiger partial charge in [0, 0.05) is 36.5 Å². The molecule has 0 N–H and O–H groups in total. The number of rotatable bonds is 2. The van der Waals surface area contributed by atoms with Crippen LogP contribution in [0.1, 0.15) is 16.7 Å². The summed E-state index contributed by atoms with van der Waals surface area (Å²) in [4.78, 5) is 10.3. The van der Waals surface area contributed by atoms with E-state index in [1.54, 1.807) is 0 Å². The molecule has 0 unspecified atom stereocenters. The van der Waals surface area contributed by atoms with Crippen LogP contribution in [0.2, 0.25) is 0 Å². The number of aryl methyl sites for hydroxylation is 3. The molecular formula is C37H26N2S. The summed E-state index contributed by atoms with van der Waals surface area (Å²) in [5.41, 5.74) is 10.2. The van der Waals surface area contributed by atoms with Crippen molar-refractivity contribution in [2.24, 2.45) is 0 Å². The number of fused-ring (bicyclic) bond motifs is 9. The Labute approximate surface area is 236 Å². The van der Waals surface area contributed by atoms with Crippen LogP contribution in [0.4, 0.5) is 0 Å². The Kier molecular flexibility index (Phi) is 5.07. The Balaban J connectivity index is 1.39. The molecule has 8 aromatic rings. The van der Waals surface area contributed by atoms with Crippen molar-refractivity contribution >= 4 is 64.1 Å². The minimum Gasteiger partial charge on any atom is -0.252 e. The number of hydrogen-bond acceptors (Lipinski definition) is 3. The van der Waals surface area contributed by atoms with Crippen LogP contribution in [0, 0.1) is 20.8 Å². The molecule has 2 heterocycles. The Morgan fingerprint density at radius 1 is 0.525 bits per heavy atom. The highest BCUT2D eigenvalue weighted by Gasteiger charge is 2.16. The zero-order valence-corrected chi connectivity index (χ0v) is 23.4. The summed E-state index contributed by atoms with van der Waals surface area (Å²) in [6.45, 7) is 6.65. The van der Waals surface area contributed by atoms with Crippen molar-refractivity contribution in [2.75, 3.05) is 0 Å². The van der Waals surface area contributed by atoms with Crippen LogP contribution in [0.5, 0.6) is 0 Å². The second-order valence-electron chi connectivity index (χ2n) is 10.8. The summed E-state index contributed by atoms with van der Waals surface area (Å²) >= 11 is 1.91. The zero-order valence-electron chi connectivity index (χ0n) is 22.6. The van der Waals surface area contributed by atoms with E-state index in [0.29, 0.717) is 0 Å². The van der Waals surface area contributed by atoms with Gasteiger partial charge in [0.1, 0.15) is 0 Å². The maximum Gasteiger partial charge on any atom is 0.0979 e. The van der Waals surface area contributed by atoms with Crippen LogP contribution in [-0.4, -0.2) is 9.97 Å². The Morgan fingerprint density at radius 2 is 1.10 bits per heavy atom. The summed E-state index contributed by atoms with van der Waals surface area (Å²) in [6.07, 6.45) is 1.94. The summed E-state index contributed by atoms with van der Waals surface area (Å²) in [6, 6.07) is 35.0. The molecule has 40 heavy (non-hydrogen) atoms. The lowest BCUT2D eigenvalue weighted by Crippen LogP contribution is -1.94. The van der Waals surface area contributed by atoms with Gasteiger partial charge in [0.25, 0.3) is 0 Å². The SMILES string of the molecule is Cc1cc(C)c2sc3c(C)cc(-c4ccccc4-c4cnc5c6ccccc6c6ccccc6c5n4)cc3c2c1. The Morgan fingerprint density at radius 3 is 1.82 bits per heavy atom. The van der Waals surface area contributed by atoms with Gasteiger partial charge >= 0.3 is 0 Å². The molecule has 0 aliphatic rings. The number of thiophene rings is 1. The van der Waals surface area contributed by atoms with E-state index >= 15 is 0 Å². The van der Waals surface area contributed by atoms with Crippen LogP contribution >= 0.6 is 11.3 Å². The molecule has 0 saturated heterocycles. The molecule has 8 rings (SSSR count). The first kappa shape index (κ1) is 23.3. The van der Waals surface area contributed by atoms with Crippen LogP contribution in [0.15, 0.2) is 103 Å². The van der Waals surface area contributed by atoms with Gasteiger partial charge in [-0.1, -0.05) is 84.4 Å². The van der Waals surface area contributed by atoms with Gasteiger partial charge in [-0.3, -0.25) is 4.98 Å². The van der Waals surface area contributed by atoms with Gasteiger partial charge in [0.2, 0.25) is 0 Å². The minimum absolute atomic E-state index is 0.892. The van der Waals surface area contributed by atoms with Crippen LogP contribution in [0.25, 0.3) is 75.1 Å². The van der Waals surface area contributed by atoms with Gasteiger partial charge in [-0.25, -0.2) is 4.98 Å². The van der Waals surface area contributed by atoms with E-state index in [0.717, 1.165) is 33.1 Å². The number of aromatic nitrogens is 2. The molecule has 0 fully saturated rings. The first-order chi connectivity index (χ1) is 19.6. The van der Waals surface area contributed by atoms with E-state index in [9.17, 15) is 0 Å². The fourth-order valence-electron chi connectivity index (χ4n) is 6.37. The van der Waals surface area contributed by atoms with Crippen molar-refractivity contribution in [3.8, 4) is 22.4 Å². The minimum atomic E-state index is 0.892. The predicted octanol–water partition coefficient (Wildman–Crippen LogP) is 10.6. The lowest BCUT2D eigenvalue weighted by Gasteiger charge is -2.13. The molecule has 3 heteroatoms. The second-order valence-corrected chi connectivity index (χ2v) is 11.8. The normalized spacial score (nSPS) is 11.9. The van der Waals surface area contributed by atoms with E-state index in [2.05, 4.69) is 118 Å². The molecular weight excluding hydrogens is 504 g/mol. The standard InChI is InChI=1S/C37H26N2S/c1-21-16-22(2)36-31(17-21)32-19-24(18-23(3)37(32)40-36)25-10-4-7-13-28(25)33-20-38-34-29-14-8-5-11-26(29)27-12-6-9-15-30(27)35(34)39-33/h4-20H,1-3H3. The molecule has 0 amide bonds. The van der Waals surface area contributed by atoms with Gasteiger partial charge in [-0.15, -0.1) is 11.3 Å². The predicted molar refractivity (Wildman–Crippen MR) is 173 cm³/mol. The van der Waals surface area contributed by atoms with Crippen molar-refractivity contribution in [1.29, 1.82) is 0 Å². The van der Waals surface area contributed by atoms with Gasteiger partial charge in [-0.2, -0.15) is 0 Å². The average Bonchev–Trinajstić information content (AvgIpc) is 3.36. The smallest absolute Gasteiger partial charge is 0.0979 e. The molecule has 190 valence electrons. The molecule has 0 aliphatic heterocycles. The van der Waals surface area contributed by atoms with Crippen molar-refractivity contribution in [3.05, 3.63) is 120 Å². The van der Waals surface area contributed by atoms with Crippen LogP contribution in [-0.2, 0) is 0 Å². The maximum atomic E-state index is 5.30. The molecule has 2 aromatic heterocycles. The summed E-state index contributed by atoms with van der Waals surface area (Å²) in [7, 11) is 0. The Bertz CT molecular complexity index is 2270. The molecule has 0 radical (unpaired) electrons. The van der Waals surface area contributed by atoms with Crippen molar-refractivity contribution in [1.82, 2.24) is 9.97 Å². The third-order valence-electron chi connectivity index (χ3n) is 8.13. The fraction of sp³-hybridized carbons (Fsp3) is 0.0811. The molecule has 0 saturated carbocycles. The lowest BCUT2D eigenvalue weighted by molar-refractivity contribution is 1.31. The quantitative estimate of drug-likeness (QED) is 0.208. The van der Waals surface area contributed by atoms with Crippen molar-refractivity contribution in [3.63, 3.8) is 0 Å². The lowest BCUT2D eigenvalue weighted by atomic mass is 9.94. The third kappa shape index (κ3) is 3.41. The Hall–Kier alpha value is -4.60. The third-order valence-corrected chi connectivity index (χ3v) is 9.62. The molecule has 2 nitrogen and oxygen atoms in total. The molecule has 0 atom stereocenters. The van der Waals surface area contributed by atoms with Gasteiger partial charge in [-0.05, 0) is 72.0 Å². The zero-order chi connectivity index (χ0) is 27.0. The maximum absolute atomic E-state index is 5.30. The molecule has 6 aromatic carbocycles. The topological polar surface area (TPSA) is 25.8 Å². The van der Waals surface area contributed by atoms with Gasteiger partial charge in [0.15, 0.2) is 0 Å². The van der Waals surface area contributed by atoms with E-state index in [1.807, 2.05) is 17.5 Å².